The summed E-state index contributed by atoms with van der Waals surface area (Å²) in [6.45, 7) is 17.6. The number of rotatable bonds is 10. The summed E-state index contributed by atoms with van der Waals surface area (Å²) in [5.74, 6) is 2.63. The minimum atomic E-state index is -2.06. The summed E-state index contributed by atoms with van der Waals surface area (Å²) in [5, 5.41) is 3.50. The summed E-state index contributed by atoms with van der Waals surface area (Å²) in [7, 11) is 1.13. The van der Waals surface area contributed by atoms with Gasteiger partial charge >= 0.3 is 6.09 Å². The molecule has 0 spiro atoms. The van der Waals surface area contributed by atoms with Crippen molar-refractivity contribution >= 4 is 20.1 Å². The lowest BCUT2D eigenvalue weighted by molar-refractivity contribution is 0.0218. The van der Waals surface area contributed by atoms with E-state index in [9.17, 15) is 4.79 Å². The van der Waals surface area contributed by atoms with E-state index in [1.165, 1.54) is 0 Å². The summed E-state index contributed by atoms with van der Waals surface area (Å²) in [4.78, 5) is 28.7. The average molecular weight is 638 g/mol. The highest BCUT2D eigenvalue weighted by Crippen LogP contribution is 2.39. The molecule has 1 aliphatic rings. The zero-order chi connectivity index (χ0) is 33.0. The van der Waals surface area contributed by atoms with Gasteiger partial charge < -0.3 is 33.6 Å². The molecule has 0 aliphatic carbocycles. The number of benzene rings is 1. The molecule has 0 unspecified atom stereocenters. The number of nitrogens with zero attached hydrogens (tertiary/aromatic N) is 4. The lowest BCUT2D eigenvalue weighted by Crippen LogP contribution is -2.45. The number of methoxy groups -OCH3 is 2. The molecule has 11 nitrogen and oxygen atoms in total. The highest BCUT2D eigenvalue weighted by molar-refractivity contribution is 6.74. The van der Waals surface area contributed by atoms with Gasteiger partial charge in [-0.05, 0) is 75.7 Å². The van der Waals surface area contributed by atoms with Crippen LogP contribution in [-0.2, 0) is 9.16 Å². The zero-order valence-electron chi connectivity index (χ0n) is 28.1. The Morgan fingerprint density at radius 1 is 0.978 bits per heavy atom. The molecule has 1 fully saturated rings. The molecule has 2 aromatic heterocycles. The van der Waals surface area contributed by atoms with E-state index in [1.54, 1.807) is 37.7 Å². The number of anilines is 1. The molecule has 2 atom stereocenters. The molecule has 12 heteroatoms. The van der Waals surface area contributed by atoms with Crippen LogP contribution in [0.15, 0.2) is 48.9 Å². The van der Waals surface area contributed by atoms with Crippen molar-refractivity contribution in [2.75, 3.05) is 32.6 Å². The first-order valence-corrected chi connectivity index (χ1v) is 18.1. The van der Waals surface area contributed by atoms with Crippen LogP contribution in [-0.4, -0.2) is 79.3 Å². The van der Waals surface area contributed by atoms with Crippen LogP contribution >= 0.6 is 0 Å². The molecular formula is C33H47N5O6Si. The van der Waals surface area contributed by atoms with Crippen LogP contribution in [0, 0.1) is 0 Å². The lowest BCUT2D eigenvalue weighted by atomic mass is 10.2. The number of hydrogen-bond acceptors (Lipinski definition) is 10. The van der Waals surface area contributed by atoms with E-state index >= 15 is 0 Å². The first-order chi connectivity index (χ1) is 21.1. The summed E-state index contributed by atoms with van der Waals surface area (Å²) in [6.07, 6.45) is 5.18. The summed E-state index contributed by atoms with van der Waals surface area (Å²) >= 11 is 0. The Balaban J connectivity index is 1.61. The summed E-state index contributed by atoms with van der Waals surface area (Å²) < 4.78 is 29.4. The van der Waals surface area contributed by atoms with Crippen LogP contribution in [0.2, 0.25) is 18.1 Å². The number of likely N-dealkylation sites (tertiary alicyclic amines) is 1. The van der Waals surface area contributed by atoms with Gasteiger partial charge in [0, 0.05) is 24.8 Å². The van der Waals surface area contributed by atoms with Crippen LogP contribution in [0.3, 0.4) is 0 Å². The van der Waals surface area contributed by atoms with E-state index in [4.69, 9.17) is 28.4 Å². The summed E-state index contributed by atoms with van der Waals surface area (Å²) in [6, 6.07) is 8.87. The highest BCUT2D eigenvalue weighted by atomic mass is 28.4. The highest BCUT2D eigenvalue weighted by Gasteiger charge is 2.44. The molecule has 1 aromatic carbocycles. The number of aromatic nitrogens is 3. The van der Waals surface area contributed by atoms with Crippen molar-refractivity contribution in [2.45, 2.75) is 83.8 Å². The van der Waals surface area contributed by atoms with Crippen LogP contribution in [0.4, 0.5) is 10.5 Å². The number of amides is 1. The van der Waals surface area contributed by atoms with Gasteiger partial charge in [0.1, 0.15) is 28.5 Å². The Labute approximate surface area is 267 Å². The third-order valence-electron chi connectivity index (χ3n) is 8.03. The maximum Gasteiger partial charge on any atom is 0.410 e. The van der Waals surface area contributed by atoms with Crippen LogP contribution < -0.4 is 19.5 Å². The average Bonchev–Trinajstić information content (AvgIpc) is 3.37. The van der Waals surface area contributed by atoms with Gasteiger partial charge in [-0.25, -0.2) is 9.78 Å². The van der Waals surface area contributed by atoms with Crippen molar-refractivity contribution in [2.24, 2.45) is 0 Å². The van der Waals surface area contributed by atoms with Crippen LogP contribution in [0.5, 0.6) is 23.1 Å². The first kappa shape index (κ1) is 34.0. The van der Waals surface area contributed by atoms with Gasteiger partial charge in [0.25, 0.3) is 0 Å². The van der Waals surface area contributed by atoms with Crippen molar-refractivity contribution in [1.82, 2.24) is 19.9 Å². The van der Waals surface area contributed by atoms with Crippen molar-refractivity contribution < 1.29 is 28.2 Å². The third kappa shape index (κ3) is 8.85. The molecule has 45 heavy (non-hydrogen) atoms. The molecule has 1 amide bonds. The molecule has 244 valence electrons. The van der Waals surface area contributed by atoms with Gasteiger partial charge in [0.05, 0.1) is 38.8 Å². The van der Waals surface area contributed by atoms with Crippen LogP contribution in [0.25, 0.3) is 11.4 Å². The third-order valence-corrected chi connectivity index (χ3v) is 12.6. The predicted molar refractivity (Wildman–Crippen MR) is 177 cm³/mol. The van der Waals surface area contributed by atoms with Crippen molar-refractivity contribution in [3.8, 4) is 34.5 Å². The molecular weight excluding hydrogens is 590 g/mol. The fourth-order valence-corrected chi connectivity index (χ4v) is 5.99. The Morgan fingerprint density at radius 3 is 2.27 bits per heavy atom. The van der Waals surface area contributed by atoms with E-state index in [0.29, 0.717) is 59.7 Å². The van der Waals surface area contributed by atoms with Gasteiger partial charge in [-0.15, -0.1) is 0 Å². The molecule has 3 heterocycles. The number of pyridine rings is 1. The zero-order valence-corrected chi connectivity index (χ0v) is 29.1. The normalized spacial score (nSPS) is 17.2. The van der Waals surface area contributed by atoms with E-state index in [-0.39, 0.29) is 23.3 Å². The van der Waals surface area contributed by atoms with Gasteiger partial charge in [-0.1, -0.05) is 20.8 Å². The summed E-state index contributed by atoms with van der Waals surface area (Å²) in [5.41, 5.74) is 0.632. The van der Waals surface area contributed by atoms with E-state index < -0.39 is 13.9 Å². The van der Waals surface area contributed by atoms with Crippen LogP contribution in [0.1, 0.15) is 48.0 Å². The molecule has 4 rings (SSSR count). The molecule has 1 aliphatic heterocycles. The van der Waals surface area contributed by atoms with Gasteiger partial charge in [-0.3, -0.25) is 4.98 Å². The van der Waals surface area contributed by atoms with Gasteiger partial charge in [0.15, 0.2) is 14.1 Å². The first-order valence-electron chi connectivity index (χ1n) is 15.2. The van der Waals surface area contributed by atoms with Gasteiger partial charge in [-0.2, -0.15) is 4.98 Å². The second-order valence-electron chi connectivity index (χ2n) is 13.7. The molecule has 0 radical (unpaired) electrons. The van der Waals surface area contributed by atoms with E-state index in [0.717, 1.165) is 0 Å². The molecule has 1 saturated heterocycles. The van der Waals surface area contributed by atoms with Crippen molar-refractivity contribution in [3.63, 3.8) is 0 Å². The topological polar surface area (TPSA) is 117 Å². The second kappa shape index (κ2) is 13.6. The van der Waals surface area contributed by atoms with E-state index in [2.05, 4.69) is 49.1 Å². The largest absolute Gasteiger partial charge is 0.497 e. The lowest BCUT2D eigenvalue weighted by Gasteiger charge is -2.38. The Hall–Kier alpha value is -3.90. The molecule has 0 saturated carbocycles. The predicted octanol–water partition coefficient (Wildman–Crippen LogP) is 7.16. The Bertz CT molecular complexity index is 1460. The molecule has 0 bridgehead atoms. The monoisotopic (exact) mass is 637 g/mol. The van der Waals surface area contributed by atoms with Crippen molar-refractivity contribution in [1.29, 1.82) is 0 Å². The van der Waals surface area contributed by atoms with Crippen molar-refractivity contribution in [3.05, 3.63) is 48.9 Å². The minimum absolute atomic E-state index is 0.0468. The second-order valence-corrected chi connectivity index (χ2v) is 18.5. The quantitative estimate of drug-likeness (QED) is 0.230. The number of carbonyl (C=O) groups excluding carboxylic acids is 1. The number of carbonyl (C=O) groups is 1. The maximum absolute atomic E-state index is 13.4. The Morgan fingerprint density at radius 2 is 1.64 bits per heavy atom. The fraction of sp³-hybridized carbons (Fsp3) is 0.515. The Kier molecular flexibility index (Phi) is 10.3. The number of hydrogen-bond donors (Lipinski definition) is 1. The SMILES string of the molecule is COc1ccc(Oc2nc(-c3cncc(OC)c3)ncc2NC[C@@H]2C[C@@H](O[Si](C)(C)C(C)(C)C)CN2C(=O)OC(C)(C)C)cc1. The van der Waals surface area contributed by atoms with E-state index in [1.807, 2.05) is 51.1 Å². The molecule has 1 N–H and O–H groups in total. The maximum atomic E-state index is 13.4. The standard InChI is InChI=1S/C33H47N5O6Si/c1-32(2,3)43-31(39)38-21-27(44-45(9,10)33(4,5)6)16-23(38)18-35-28-20-36-29(22-15-26(41-8)19-34-17-22)37-30(28)42-25-13-11-24(40-7)12-14-25/h11-15,17,19-20,23,27,35H,16,18,21H2,1-10H3/t23-,27+/m0/s1. The molecule has 3 aromatic rings. The number of ether oxygens (including phenoxy) is 4. The fourth-order valence-electron chi connectivity index (χ4n) is 4.63. The number of nitrogens with one attached hydrogen (secondary N) is 1. The minimum Gasteiger partial charge on any atom is -0.497 e. The smallest absolute Gasteiger partial charge is 0.410 e. The van der Waals surface area contributed by atoms with Gasteiger partial charge in [0.2, 0.25) is 5.88 Å².